The molecule has 0 amide bonds. The predicted molar refractivity (Wildman–Crippen MR) is 47.5 cm³/mol. The van der Waals surface area contributed by atoms with Gasteiger partial charge in [0.05, 0.1) is 0 Å². The second-order valence-corrected chi connectivity index (χ2v) is 5.26. The molecule has 2 rings (SSSR count). The Morgan fingerprint density at radius 3 is 2.18 bits per heavy atom. The van der Waals surface area contributed by atoms with Crippen LogP contribution in [0.15, 0.2) is 0 Å². The Balaban J connectivity index is 2.08. The SMILES string of the molecule is CC(C)(C)C1C[C@@H]2CC[C@H]1N2. The van der Waals surface area contributed by atoms with Gasteiger partial charge >= 0.3 is 0 Å². The van der Waals surface area contributed by atoms with E-state index < -0.39 is 0 Å². The van der Waals surface area contributed by atoms with Crippen LogP contribution in [0, 0.1) is 11.3 Å². The molecule has 64 valence electrons. The molecule has 0 aromatic heterocycles. The van der Waals surface area contributed by atoms with Crippen LogP contribution in [0.1, 0.15) is 40.0 Å². The fourth-order valence-corrected chi connectivity index (χ4v) is 2.78. The topological polar surface area (TPSA) is 12.0 Å². The second-order valence-electron chi connectivity index (χ2n) is 5.26. The average Bonchev–Trinajstić information content (AvgIpc) is 2.42. The minimum Gasteiger partial charge on any atom is -0.311 e. The summed E-state index contributed by atoms with van der Waals surface area (Å²) in [5, 5.41) is 3.68. The summed E-state index contributed by atoms with van der Waals surface area (Å²) in [5.74, 6) is 0.932. The van der Waals surface area contributed by atoms with Crippen LogP contribution in [0.2, 0.25) is 0 Å². The molecule has 0 aliphatic carbocycles. The monoisotopic (exact) mass is 153 g/mol. The minimum absolute atomic E-state index is 0.521. The van der Waals surface area contributed by atoms with E-state index >= 15 is 0 Å². The first kappa shape index (κ1) is 7.60. The smallest absolute Gasteiger partial charge is 0.0104 e. The zero-order valence-electron chi connectivity index (χ0n) is 7.85. The number of hydrogen-bond donors (Lipinski definition) is 1. The molecule has 1 N–H and O–H groups in total. The third-order valence-corrected chi connectivity index (χ3v) is 3.41. The van der Waals surface area contributed by atoms with E-state index in [-0.39, 0.29) is 0 Å². The summed E-state index contributed by atoms with van der Waals surface area (Å²) in [6.45, 7) is 7.13. The Kier molecular flexibility index (Phi) is 1.54. The maximum absolute atomic E-state index is 3.68. The van der Waals surface area contributed by atoms with Gasteiger partial charge in [0.15, 0.2) is 0 Å². The highest BCUT2D eigenvalue weighted by molar-refractivity contribution is 5.00. The molecular formula is C10H19N. The van der Waals surface area contributed by atoms with Gasteiger partial charge in [0, 0.05) is 12.1 Å². The highest BCUT2D eigenvalue weighted by Crippen LogP contribution is 2.43. The lowest BCUT2D eigenvalue weighted by Gasteiger charge is -2.32. The van der Waals surface area contributed by atoms with E-state index in [9.17, 15) is 0 Å². The van der Waals surface area contributed by atoms with E-state index in [1.165, 1.54) is 19.3 Å². The van der Waals surface area contributed by atoms with Gasteiger partial charge in [-0.15, -0.1) is 0 Å². The lowest BCUT2D eigenvalue weighted by molar-refractivity contribution is 0.199. The minimum atomic E-state index is 0.521. The lowest BCUT2D eigenvalue weighted by Crippen LogP contribution is -2.32. The van der Waals surface area contributed by atoms with E-state index in [1.807, 2.05) is 0 Å². The first-order valence-corrected chi connectivity index (χ1v) is 4.83. The molecule has 1 unspecified atom stereocenters. The number of hydrogen-bond acceptors (Lipinski definition) is 1. The van der Waals surface area contributed by atoms with Crippen molar-refractivity contribution < 1.29 is 0 Å². The highest BCUT2D eigenvalue weighted by atomic mass is 15.0. The van der Waals surface area contributed by atoms with Gasteiger partial charge in [-0.3, -0.25) is 0 Å². The molecule has 0 spiro atoms. The van der Waals surface area contributed by atoms with Gasteiger partial charge in [-0.25, -0.2) is 0 Å². The van der Waals surface area contributed by atoms with Crippen molar-refractivity contribution in [3.8, 4) is 0 Å². The molecule has 0 saturated carbocycles. The molecule has 2 bridgehead atoms. The third-order valence-electron chi connectivity index (χ3n) is 3.41. The Hall–Kier alpha value is -0.0400. The van der Waals surface area contributed by atoms with Crippen LogP contribution in [-0.4, -0.2) is 12.1 Å². The lowest BCUT2D eigenvalue weighted by atomic mass is 9.72. The van der Waals surface area contributed by atoms with Gasteiger partial charge in [-0.05, 0) is 30.6 Å². The van der Waals surface area contributed by atoms with Crippen molar-refractivity contribution in [2.75, 3.05) is 0 Å². The Labute approximate surface area is 69.6 Å². The van der Waals surface area contributed by atoms with Gasteiger partial charge in [-0.1, -0.05) is 20.8 Å². The summed E-state index contributed by atoms with van der Waals surface area (Å²) < 4.78 is 0. The maximum Gasteiger partial charge on any atom is 0.0104 e. The van der Waals surface area contributed by atoms with Crippen molar-refractivity contribution in [3.05, 3.63) is 0 Å². The molecule has 11 heavy (non-hydrogen) atoms. The quantitative estimate of drug-likeness (QED) is 0.562. The molecule has 2 heterocycles. The second kappa shape index (κ2) is 2.22. The molecule has 1 nitrogen and oxygen atoms in total. The fraction of sp³-hybridized carbons (Fsp3) is 1.00. The normalized spacial score (nSPS) is 43.4. The van der Waals surface area contributed by atoms with Crippen molar-refractivity contribution in [3.63, 3.8) is 0 Å². The van der Waals surface area contributed by atoms with Gasteiger partial charge < -0.3 is 5.32 Å². The fourth-order valence-electron chi connectivity index (χ4n) is 2.78. The molecule has 2 saturated heterocycles. The Morgan fingerprint density at radius 2 is 1.91 bits per heavy atom. The number of nitrogens with one attached hydrogen (secondary N) is 1. The first-order valence-electron chi connectivity index (χ1n) is 4.83. The molecule has 0 aromatic carbocycles. The summed E-state index contributed by atoms with van der Waals surface area (Å²) in [7, 11) is 0. The van der Waals surface area contributed by atoms with Crippen molar-refractivity contribution in [2.45, 2.75) is 52.1 Å². The van der Waals surface area contributed by atoms with Crippen molar-refractivity contribution in [1.29, 1.82) is 0 Å². The van der Waals surface area contributed by atoms with Crippen molar-refractivity contribution in [2.24, 2.45) is 11.3 Å². The van der Waals surface area contributed by atoms with Crippen LogP contribution in [0.4, 0.5) is 0 Å². The van der Waals surface area contributed by atoms with Crippen LogP contribution in [0.25, 0.3) is 0 Å². The predicted octanol–water partition coefficient (Wildman–Crippen LogP) is 2.17. The average molecular weight is 153 g/mol. The molecular weight excluding hydrogens is 134 g/mol. The first-order chi connectivity index (χ1) is 5.07. The van der Waals surface area contributed by atoms with Crippen LogP contribution in [0.3, 0.4) is 0 Å². The van der Waals surface area contributed by atoms with E-state index in [4.69, 9.17) is 0 Å². The summed E-state index contributed by atoms with van der Waals surface area (Å²) in [4.78, 5) is 0. The molecule has 3 atom stereocenters. The van der Waals surface area contributed by atoms with Crippen LogP contribution < -0.4 is 5.32 Å². The molecule has 2 aliphatic heterocycles. The molecule has 1 heteroatoms. The summed E-state index contributed by atoms with van der Waals surface area (Å²) in [5.41, 5.74) is 0.521. The standard InChI is InChI=1S/C10H19N/c1-10(2,3)8-6-7-4-5-9(8)11-7/h7-9,11H,4-6H2,1-3H3/t7-,8?,9+/m0/s1. The molecule has 0 radical (unpaired) electrons. The van der Waals surface area contributed by atoms with Crippen molar-refractivity contribution in [1.82, 2.24) is 5.32 Å². The van der Waals surface area contributed by atoms with Gasteiger partial charge in [-0.2, -0.15) is 0 Å². The summed E-state index contributed by atoms with van der Waals surface area (Å²) >= 11 is 0. The van der Waals surface area contributed by atoms with Crippen LogP contribution in [0.5, 0.6) is 0 Å². The zero-order valence-corrected chi connectivity index (χ0v) is 7.85. The Morgan fingerprint density at radius 1 is 1.18 bits per heavy atom. The largest absolute Gasteiger partial charge is 0.311 e. The van der Waals surface area contributed by atoms with E-state index in [0.29, 0.717) is 5.41 Å². The number of fused-ring (bicyclic) bond motifs is 2. The van der Waals surface area contributed by atoms with Crippen LogP contribution >= 0.6 is 0 Å². The highest BCUT2D eigenvalue weighted by Gasteiger charge is 2.43. The zero-order chi connectivity index (χ0) is 8.06. The van der Waals surface area contributed by atoms with E-state index in [0.717, 1.165) is 18.0 Å². The van der Waals surface area contributed by atoms with E-state index in [1.54, 1.807) is 0 Å². The van der Waals surface area contributed by atoms with E-state index in [2.05, 4.69) is 26.1 Å². The molecule has 2 aliphatic rings. The van der Waals surface area contributed by atoms with Gasteiger partial charge in [0.2, 0.25) is 0 Å². The Bertz CT molecular complexity index is 157. The third kappa shape index (κ3) is 1.20. The van der Waals surface area contributed by atoms with Gasteiger partial charge in [0.1, 0.15) is 0 Å². The van der Waals surface area contributed by atoms with Crippen LogP contribution in [-0.2, 0) is 0 Å². The number of rotatable bonds is 0. The summed E-state index contributed by atoms with van der Waals surface area (Å²) in [6, 6.07) is 1.71. The molecule has 2 fully saturated rings. The van der Waals surface area contributed by atoms with Gasteiger partial charge in [0.25, 0.3) is 0 Å². The van der Waals surface area contributed by atoms with Crippen molar-refractivity contribution >= 4 is 0 Å². The molecule has 0 aromatic rings. The maximum atomic E-state index is 3.68. The summed E-state index contributed by atoms with van der Waals surface area (Å²) in [6.07, 6.45) is 4.28.